The lowest BCUT2D eigenvalue weighted by Crippen LogP contribution is -2.03. The molecule has 0 saturated heterocycles. The van der Waals surface area contributed by atoms with Gasteiger partial charge in [0.2, 0.25) is 0 Å². The van der Waals surface area contributed by atoms with E-state index in [0.29, 0.717) is 5.92 Å². The van der Waals surface area contributed by atoms with Crippen LogP contribution in [0.5, 0.6) is 0 Å². The average molecular weight is 198 g/mol. The first kappa shape index (κ1) is 10.2. The highest BCUT2D eigenvalue weighted by molar-refractivity contribution is 5.41. The second-order valence-electron chi connectivity index (χ2n) is 4.45. The van der Waals surface area contributed by atoms with Gasteiger partial charge in [-0.1, -0.05) is 49.4 Å². The molecule has 0 bridgehead atoms. The molecule has 1 aliphatic rings. The number of hydrogen-bond donors (Lipinski definition) is 0. The topological polar surface area (TPSA) is 0 Å². The van der Waals surface area contributed by atoms with Gasteiger partial charge in [-0.2, -0.15) is 0 Å². The van der Waals surface area contributed by atoms with Crippen LogP contribution in [0.4, 0.5) is 0 Å². The summed E-state index contributed by atoms with van der Waals surface area (Å²) in [5.74, 6) is 0.512. The molecular weight excluding hydrogens is 180 g/mol. The number of allylic oxidation sites excluding steroid dienone is 3. The zero-order valence-corrected chi connectivity index (χ0v) is 9.59. The van der Waals surface area contributed by atoms with E-state index in [1.807, 2.05) is 0 Å². The fraction of sp³-hybridized carbons (Fsp3) is 0.333. The highest BCUT2D eigenvalue weighted by atomic mass is 14.2. The lowest BCUT2D eigenvalue weighted by atomic mass is 9.86. The van der Waals surface area contributed by atoms with Gasteiger partial charge in [0.25, 0.3) is 0 Å². The van der Waals surface area contributed by atoms with E-state index in [1.165, 1.54) is 22.3 Å². The third-order valence-electron chi connectivity index (χ3n) is 3.21. The van der Waals surface area contributed by atoms with Crippen molar-refractivity contribution >= 4 is 0 Å². The standard InChI is InChI=1S/C15H18/c1-11-7-9-13(3)15-12(2)5-4-6-14(15)10-8-11/h4-7,9,13H,1,8,10H2,2-3H3/b9-7-. The zero-order chi connectivity index (χ0) is 10.8. The fourth-order valence-corrected chi connectivity index (χ4v) is 2.37. The van der Waals surface area contributed by atoms with E-state index in [0.717, 1.165) is 12.8 Å². The van der Waals surface area contributed by atoms with Crippen LogP contribution in [0, 0.1) is 6.92 Å². The minimum absolute atomic E-state index is 0.512. The van der Waals surface area contributed by atoms with E-state index < -0.39 is 0 Å². The van der Waals surface area contributed by atoms with Crippen molar-refractivity contribution in [3.8, 4) is 0 Å². The van der Waals surface area contributed by atoms with Crippen LogP contribution >= 0.6 is 0 Å². The minimum atomic E-state index is 0.512. The van der Waals surface area contributed by atoms with Crippen molar-refractivity contribution in [2.45, 2.75) is 32.6 Å². The Kier molecular flexibility index (Phi) is 2.77. The van der Waals surface area contributed by atoms with E-state index in [9.17, 15) is 0 Å². The summed E-state index contributed by atoms with van der Waals surface area (Å²) in [4.78, 5) is 0. The number of rotatable bonds is 0. The smallest absolute Gasteiger partial charge is 0.000187 e. The van der Waals surface area contributed by atoms with Gasteiger partial charge in [-0.25, -0.2) is 0 Å². The summed E-state index contributed by atoms with van der Waals surface area (Å²) in [6.45, 7) is 8.53. The van der Waals surface area contributed by atoms with Gasteiger partial charge in [-0.3, -0.25) is 0 Å². The molecule has 0 heterocycles. The molecule has 0 fully saturated rings. The molecular formula is C15H18. The molecule has 1 aliphatic carbocycles. The maximum atomic E-state index is 4.06. The molecule has 0 nitrogen and oxygen atoms in total. The average Bonchev–Trinajstić information content (AvgIpc) is 2.21. The molecule has 0 amide bonds. The number of fused-ring (bicyclic) bond motifs is 1. The minimum Gasteiger partial charge on any atom is -0.0958 e. The van der Waals surface area contributed by atoms with Gasteiger partial charge < -0.3 is 0 Å². The first-order chi connectivity index (χ1) is 7.18. The summed E-state index contributed by atoms with van der Waals surface area (Å²) < 4.78 is 0. The molecule has 0 aliphatic heterocycles. The van der Waals surface area contributed by atoms with Crippen LogP contribution in [-0.2, 0) is 6.42 Å². The molecule has 2 rings (SSSR count). The van der Waals surface area contributed by atoms with Crippen LogP contribution in [0.3, 0.4) is 0 Å². The molecule has 1 aromatic rings. The second kappa shape index (κ2) is 4.06. The van der Waals surface area contributed by atoms with Gasteiger partial charge in [-0.15, -0.1) is 0 Å². The van der Waals surface area contributed by atoms with E-state index >= 15 is 0 Å². The van der Waals surface area contributed by atoms with Gasteiger partial charge in [0.05, 0.1) is 0 Å². The van der Waals surface area contributed by atoms with Crippen LogP contribution in [0.2, 0.25) is 0 Å². The molecule has 15 heavy (non-hydrogen) atoms. The number of aryl methyl sites for hydroxylation is 2. The van der Waals surface area contributed by atoms with Crippen LogP contribution in [0.1, 0.15) is 36.0 Å². The lowest BCUT2D eigenvalue weighted by molar-refractivity contribution is 0.862. The molecule has 0 heteroatoms. The molecule has 0 saturated carbocycles. The van der Waals surface area contributed by atoms with Crippen LogP contribution < -0.4 is 0 Å². The van der Waals surface area contributed by atoms with Crippen LogP contribution in [-0.4, -0.2) is 0 Å². The fourth-order valence-electron chi connectivity index (χ4n) is 2.37. The van der Waals surface area contributed by atoms with Crippen molar-refractivity contribution in [1.29, 1.82) is 0 Å². The number of benzene rings is 1. The van der Waals surface area contributed by atoms with Gasteiger partial charge >= 0.3 is 0 Å². The predicted octanol–water partition coefficient (Wildman–Crippen LogP) is 4.16. The normalized spacial score (nSPS) is 22.8. The summed E-state index contributed by atoms with van der Waals surface area (Å²) in [6, 6.07) is 6.62. The van der Waals surface area contributed by atoms with Crippen molar-refractivity contribution in [3.63, 3.8) is 0 Å². The Labute approximate surface area is 92.3 Å². The van der Waals surface area contributed by atoms with Crippen molar-refractivity contribution in [3.05, 3.63) is 59.2 Å². The van der Waals surface area contributed by atoms with E-state index in [2.05, 4.69) is 50.8 Å². The first-order valence-electron chi connectivity index (χ1n) is 5.63. The molecule has 0 spiro atoms. The second-order valence-corrected chi connectivity index (χ2v) is 4.45. The van der Waals surface area contributed by atoms with Crippen molar-refractivity contribution in [2.75, 3.05) is 0 Å². The van der Waals surface area contributed by atoms with Crippen molar-refractivity contribution in [2.24, 2.45) is 0 Å². The Bertz CT molecular complexity index is 410. The lowest BCUT2D eigenvalue weighted by Gasteiger charge is -2.19. The Morgan fingerprint density at radius 3 is 2.87 bits per heavy atom. The third kappa shape index (κ3) is 2.04. The van der Waals surface area contributed by atoms with Gasteiger partial charge in [0.1, 0.15) is 0 Å². The third-order valence-corrected chi connectivity index (χ3v) is 3.21. The zero-order valence-electron chi connectivity index (χ0n) is 9.59. The quantitative estimate of drug-likeness (QED) is 0.587. The Morgan fingerprint density at radius 1 is 1.27 bits per heavy atom. The van der Waals surface area contributed by atoms with Crippen LogP contribution in [0.15, 0.2) is 42.5 Å². The first-order valence-corrected chi connectivity index (χ1v) is 5.63. The van der Waals surface area contributed by atoms with E-state index in [1.54, 1.807) is 0 Å². The van der Waals surface area contributed by atoms with E-state index in [4.69, 9.17) is 0 Å². The van der Waals surface area contributed by atoms with Crippen molar-refractivity contribution in [1.82, 2.24) is 0 Å². The predicted molar refractivity (Wildman–Crippen MR) is 66.2 cm³/mol. The van der Waals surface area contributed by atoms with Gasteiger partial charge in [0, 0.05) is 0 Å². The summed E-state index contributed by atoms with van der Waals surface area (Å²) in [7, 11) is 0. The highest BCUT2D eigenvalue weighted by Gasteiger charge is 2.12. The molecule has 0 aromatic heterocycles. The largest absolute Gasteiger partial charge is 0.0958 e. The Balaban J connectivity index is 2.50. The monoisotopic (exact) mass is 198 g/mol. The SMILES string of the molecule is C=C1/C=C\C(C)c2c(C)cccc2CC1. The Hall–Kier alpha value is -1.30. The molecule has 1 atom stereocenters. The van der Waals surface area contributed by atoms with Gasteiger partial charge in [-0.05, 0) is 42.4 Å². The molecule has 1 unspecified atom stereocenters. The maximum Gasteiger partial charge on any atom is -0.000187 e. The molecule has 0 radical (unpaired) electrons. The summed E-state index contributed by atoms with van der Waals surface area (Å²) in [5.41, 5.74) is 5.67. The van der Waals surface area contributed by atoms with Crippen molar-refractivity contribution < 1.29 is 0 Å². The van der Waals surface area contributed by atoms with E-state index in [-0.39, 0.29) is 0 Å². The number of hydrogen-bond acceptors (Lipinski definition) is 0. The van der Waals surface area contributed by atoms with Gasteiger partial charge in [0.15, 0.2) is 0 Å². The molecule has 1 aromatic carbocycles. The molecule has 78 valence electrons. The highest BCUT2D eigenvalue weighted by Crippen LogP contribution is 2.29. The Morgan fingerprint density at radius 2 is 2.07 bits per heavy atom. The maximum absolute atomic E-state index is 4.06. The summed E-state index contributed by atoms with van der Waals surface area (Å²) in [5, 5.41) is 0. The van der Waals surface area contributed by atoms with Crippen LogP contribution in [0.25, 0.3) is 0 Å². The summed E-state index contributed by atoms with van der Waals surface area (Å²) >= 11 is 0. The summed E-state index contributed by atoms with van der Waals surface area (Å²) in [6.07, 6.45) is 6.66. The molecule has 0 N–H and O–H groups in total.